The smallest absolute Gasteiger partial charge is 0.152 e. The van der Waals surface area contributed by atoms with Gasteiger partial charge in [0, 0.05) is 18.7 Å². The minimum absolute atomic E-state index is 0.392. The molecular formula is C17H18Cl2N4. The fourth-order valence-electron chi connectivity index (χ4n) is 3.86. The van der Waals surface area contributed by atoms with Gasteiger partial charge in [0.25, 0.3) is 0 Å². The van der Waals surface area contributed by atoms with Crippen LogP contribution in [0.1, 0.15) is 19.3 Å². The van der Waals surface area contributed by atoms with Crippen LogP contribution in [0.25, 0.3) is 11.3 Å². The minimum atomic E-state index is 0.392. The zero-order valence-corrected chi connectivity index (χ0v) is 14.2. The number of benzene rings is 1. The van der Waals surface area contributed by atoms with E-state index >= 15 is 0 Å². The van der Waals surface area contributed by atoms with E-state index in [-0.39, 0.29) is 0 Å². The lowest BCUT2D eigenvalue weighted by molar-refractivity contribution is 0.494. The lowest BCUT2D eigenvalue weighted by atomic mass is 10.0. The molecule has 0 amide bonds. The number of nitrogens with two attached hydrogens (primary N) is 1. The molecule has 4 rings (SSSR count). The monoisotopic (exact) mass is 348 g/mol. The highest BCUT2D eigenvalue weighted by molar-refractivity contribution is 6.43. The molecule has 1 saturated heterocycles. The molecule has 1 aromatic heterocycles. The maximum absolute atomic E-state index is 6.27. The average molecular weight is 349 g/mol. The van der Waals surface area contributed by atoms with Crippen LogP contribution in [0.3, 0.4) is 0 Å². The second-order valence-electron chi connectivity index (χ2n) is 6.42. The van der Waals surface area contributed by atoms with Crippen molar-refractivity contribution in [3.8, 4) is 11.3 Å². The lowest BCUT2D eigenvalue weighted by Crippen LogP contribution is -2.22. The second-order valence-corrected chi connectivity index (χ2v) is 7.20. The molecule has 120 valence electrons. The summed E-state index contributed by atoms with van der Waals surface area (Å²) in [5.74, 6) is 2.86. The third-order valence-electron chi connectivity index (χ3n) is 5.04. The summed E-state index contributed by atoms with van der Waals surface area (Å²) in [6.07, 6.45) is 5.83. The normalized spacial score (nSPS) is 23.3. The van der Waals surface area contributed by atoms with E-state index in [1.807, 2.05) is 12.1 Å². The Morgan fingerprint density at radius 1 is 1.13 bits per heavy atom. The Kier molecular flexibility index (Phi) is 3.82. The molecule has 1 aliphatic heterocycles. The van der Waals surface area contributed by atoms with E-state index in [2.05, 4.69) is 14.9 Å². The predicted octanol–water partition coefficient (Wildman–Crippen LogP) is 4.27. The van der Waals surface area contributed by atoms with Crippen molar-refractivity contribution in [2.75, 3.05) is 23.7 Å². The van der Waals surface area contributed by atoms with Gasteiger partial charge in [0.1, 0.15) is 11.5 Å². The van der Waals surface area contributed by atoms with Gasteiger partial charge >= 0.3 is 0 Å². The third-order valence-corrected chi connectivity index (χ3v) is 5.86. The van der Waals surface area contributed by atoms with E-state index in [4.69, 9.17) is 28.9 Å². The second kappa shape index (κ2) is 5.84. The van der Waals surface area contributed by atoms with Gasteiger partial charge in [-0.05, 0) is 30.7 Å². The van der Waals surface area contributed by atoms with E-state index in [0.29, 0.717) is 27.1 Å². The molecule has 2 unspecified atom stereocenters. The molecule has 2 fully saturated rings. The van der Waals surface area contributed by atoms with Gasteiger partial charge in [-0.2, -0.15) is 0 Å². The third kappa shape index (κ3) is 2.64. The van der Waals surface area contributed by atoms with Crippen LogP contribution in [-0.2, 0) is 0 Å². The molecule has 1 aromatic carbocycles. The van der Waals surface area contributed by atoms with Crippen LogP contribution in [-0.4, -0.2) is 23.1 Å². The van der Waals surface area contributed by atoms with E-state index in [1.54, 1.807) is 12.3 Å². The van der Waals surface area contributed by atoms with Crippen LogP contribution in [0.2, 0.25) is 10.0 Å². The van der Waals surface area contributed by atoms with Gasteiger partial charge < -0.3 is 10.6 Å². The van der Waals surface area contributed by atoms with Crippen molar-refractivity contribution in [3.63, 3.8) is 0 Å². The first-order valence-electron chi connectivity index (χ1n) is 7.95. The molecule has 6 heteroatoms. The summed E-state index contributed by atoms with van der Waals surface area (Å²) in [5, 5.41) is 0.945. The summed E-state index contributed by atoms with van der Waals surface area (Å²) >= 11 is 12.3. The van der Waals surface area contributed by atoms with Crippen molar-refractivity contribution in [1.82, 2.24) is 9.97 Å². The van der Waals surface area contributed by atoms with Crippen molar-refractivity contribution < 1.29 is 0 Å². The average Bonchev–Trinajstić information content (AvgIpc) is 3.12. The van der Waals surface area contributed by atoms with Gasteiger partial charge in [0.15, 0.2) is 5.82 Å². The highest BCUT2D eigenvalue weighted by atomic mass is 35.5. The molecule has 0 radical (unpaired) electrons. The molecule has 2 aliphatic rings. The topological polar surface area (TPSA) is 55.0 Å². The Morgan fingerprint density at radius 3 is 2.57 bits per heavy atom. The van der Waals surface area contributed by atoms with Gasteiger partial charge in [-0.25, -0.2) is 9.97 Å². The highest BCUT2D eigenvalue weighted by Gasteiger charge is 2.36. The van der Waals surface area contributed by atoms with Crippen molar-refractivity contribution >= 4 is 34.8 Å². The molecule has 1 saturated carbocycles. The summed E-state index contributed by atoms with van der Waals surface area (Å²) in [6, 6.07) is 5.43. The number of hydrogen-bond donors (Lipinski definition) is 1. The SMILES string of the molecule is Nc1nc(N2CC3CCCC3C2)cnc1-c1cccc(Cl)c1Cl. The molecule has 0 bridgehead atoms. The van der Waals surface area contributed by atoms with Crippen LogP contribution < -0.4 is 10.6 Å². The molecular weight excluding hydrogens is 331 g/mol. The van der Waals surface area contributed by atoms with Crippen molar-refractivity contribution in [2.45, 2.75) is 19.3 Å². The van der Waals surface area contributed by atoms with E-state index in [9.17, 15) is 0 Å². The Bertz CT molecular complexity index is 737. The standard InChI is InChI=1S/C17H18Cl2N4/c18-13-6-2-5-12(15(13)19)16-17(20)22-14(7-21-16)23-8-10-3-1-4-11(10)9-23/h2,5-7,10-11H,1,3-4,8-9H2,(H2,20,22). The van der Waals surface area contributed by atoms with Crippen LogP contribution in [0, 0.1) is 11.8 Å². The summed E-state index contributed by atoms with van der Waals surface area (Å²) in [7, 11) is 0. The molecule has 1 aliphatic carbocycles. The van der Waals surface area contributed by atoms with Gasteiger partial charge in [-0.1, -0.05) is 41.8 Å². The van der Waals surface area contributed by atoms with Crippen LogP contribution in [0.4, 0.5) is 11.6 Å². The largest absolute Gasteiger partial charge is 0.382 e. The van der Waals surface area contributed by atoms with E-state index < -0.39 is 0 Å². The van der Waals surface area contributed by atoms with Crippen molar-refractivity contribution in [3.05, 3.63) is 34.4 Å². The molecule has 2 N–H and O–H groups in total. The zero-order valence-electron chi connectivity index (χ0n) is 12.7. The van der Waals surface area contributed by atoms with E-state index in [1.165, 1.54) is 19.3 Å². The summed E-state index contributed by atoms with van der Waals surface area (Å²) < 4.78 is 0. The maximum atomic E-state index is 6.27. The number of anilines is 2. The summed E-state index contributed by atoms with van der Waals surface area (Å²) in [5.41, 5.74) is 7.45. The van der Waals surface area contributed by atoms with Crippen LogP contribution in [0.5, 0.6) is 0 Å². The Hall–Kier alpha value is -1.52. The maximum Gasteiger partial charge on any atom is 0.152 e. The fraction of sp³-hybridized carbons (Fsp3) is 0.412. The quantitative estimate of drug-likeness (QED) is 0.880. The number of halogens is 2. The van der Waals surface area contributed by atoms with Crippen LogP contribution in [0.15, 0.2) is 24.4 Å². The van der Waals surface area contributed by atoms with Crippen molar-refractivity contribution in [1.29, 1.82) is 0 Å². The number of nitrogens with zero attached hydrogens (tertiary/aromatic N) is 3. The first kappa shape index (κ1) is 15.0. The molecule has 23 heavy (non-hydrogen) atoms. The summed E-state index contributed by atoms with van der Waals surface area (Å²) in [6.45, 7) is 2.13. The molecule has 2 heterocycles. The lowest BCUT2D eigenvalue weighted by Gasteiger charge is -2.19. The molecule has 2 aromatic rings. The molecule has 0 spiro atoms. The summed E-state index contributed by atoms with van der Waals surface area (Å²) in [4.78, 5) is 11.4. The first-order valence-corrected chi connectivity index (χ1v) is 8.71. The number of aromatic nitrogens is 2. The predicted molar refractivity (Wildman–Crippen MR) is 94.9 cm³/mol. The Balaban J connectivity index is 1.64. The minimum Gasteiger partial charge on any atom is -0.382 e. The fourth-order valence-corrected chi connectivity index (χ4v) is 4.25. The van der Waals surface area contributed by atoms with Gasteiger partial charge in [-0.3, -0.25) is 0 Å². The molecule has 4 nitrogen and oxygen atoms in total. The number of hydrogen-bond acceptors (Lipinski definition) is 4. The number of fused-ring (bicyclic) bond motifs is 1. The number of nitrogen functional groups attached to an aromatic ring is 1. The van der Waals surface area contributed by atoms with Crippen LogP contribution >= 0.6 is 23.2 Å². The Morgan fingerprint density at radius 2 is 1.87 bits per heavy atom. The molecule has 2 atom stereocenters. The Labute approximate surface area is 145 Å². The zero-order chi connectivity index (χ0) is 16.0. The van der Waals surface area contributed by atoms with Gasteiger partial charge in [0.05, 0.1) is 16.2 Å². The highest BCUT2D eigenvalue weighted by Crippen LogP contribution is 2.40. The van der Waals surface area contributed by atoms with Crippen molar-refractivity contribution in [2.24, 2.45) is 11.8 Å². The first-order chi connectivity index (χ1) is 11.1. The van der Waals surface area contributed by atoms with Gasteiger partial charge in [0.2, 0.25) is 0 Å². The van der Waals surface area contributed by atoms with E-state index in [0.717, 1.165) is 30.7 Å². The van der Waals surface area contributed by atoms with Gasteiger partial charge in [-0.15, -0.1) is 0 Å². The number of rotatable bonds is 2.